The second-order valence-corrected chi connectivity index (χ2v) is 3.61. The van der Waals surface area contributed by atoms with Crippen molar-refractivity contribution < 1.29 is 4.79 Å². The summed E-state index contributed by atoms with van der Waals surface area (Å²) in [7, 11) is 0. The van der Waals surface area contributed by atoms with Crippen LogP contribution in [0.1, 0.15) is 17.3 Å². The summed E-state index contributed by atoms with van der Waals surface area (Å²) in [4.78, 5) is 21.6. The maximum atomic E-state index is 11.5. The van der Waals surface area contributed by atoms with Crippen molar-refractivity contribution in [1.29, 1.82) is 0 Å². The van der Waals surface area contributed by atoms with Crippen LogP contribution in [0.5, 0.6) is 0 Å². The van der Waals surface area contributed by atoms with Crippen LogP contribution in [0.2, 0.25) is 10.0 Å². The van der Waals surface area contributed by atoms with Gasteiger partial charge >= 0.3 is 0 Å². The first-order valence-electron chi connectivity index (χ1n) is 3.88. The molecule has 1 aromatic carbocycles. The van der Waals surface area contributed by atoms with Gasteiger partial charge in [0.2, 0.25) is 0 Å². The zero-order chi connectivity index (χ0) is 10.7. The Balaban J connectivity index is 3.07. The number of benzene rings is 1. The maximum Gasteiger partial charge on any atom is 0.192 e. The number of nitroso groups, excluding NO2 is 1. The molecule has 0 radical (unpaired) electrons. The lowest BCUT2D eigenvalue weighted by molar-refractivity contribution is 0.0968. The molecule has 0 bridgehead atoms. The lowest BCUT2D eigenvalue weighted by atomic mass is 10.1. The number of hydrogen-bond acceptors (Lipinski definition) is 3. The first kappa shape index (κ1) is 11.1. The molecule has 0 saturated heterocycles. The second-order valence-electron chi connectivity index (χ2n) is 2.77. The molecule has 0 spiro atoms. The Morgan fingerprint density at radius 1 is 1.43 bits per heavy atom. The van der Waals surface area contributed by atoms with E-state index >= 15 is 0 Å². The Hall–Kier alpha value is -0.930. The van der Waals surface area contributed by atoms with Gasteiger partial charge in [-0.05, 0) is 25.1 Å². The molecule has 0 fully saturated rings. The fourth-order valence-corrected chi connectivity index (χ4v) is 1.46. The molecule has 3 nitrogen and oxygen atoms in total. The third-order valence-electron chi connectivity index (χ3n) is 1.73. The number of nitrogens with zero attached hydrogens (tertiary/aromatic N) is 1. The van der Waals surface area contributed by atoms with Crippen molar-refractivity contribution in [3.63, 3.8) is 0 Å². The van der Waals surface area contributed by atoms with Crippen LogP contribution in [0.25, 0.3) is 0 Å². The average Bonchev–Trinajstić information content (AvgIpc) is 2.15. The minimum Gasteiger partial charge on any atom is -0.292 e. The van der Waals surface area contributed by atoms with E-state index in [0.29, 0.717) is 5.02 Å². The van der Waals surface area contributed by atoms with Gasteiger partial charge in [0.15, 0.2) is 11.8 Å². The molecule has 0 saturated carbocycles. The predicted molar refractivity (Wildman–Crippen MR) is 56.0 cm³/mol. The van der Waals surface area contributed by atoms with E-state index in [1.807, 2.05) is 0 Å². The molecule has 1 unspecified atom stereocenters. The first-order valence-corrected chi connectivity index (χ1v) is 4.63. The largest absolute Gasteiger partial charge is 0.292 e. The molecule has 0 aliphatic carbocycles. The molecule has 14 heavy (non-hydrogen) atoms. The topological polar surface area (TPSA) is 46.5 Å². The zero-order valence-electron chi connectivity index (χ0n) is 7.33. The standard InChI is InChI=1S/C9H7Cl2NO2/c1-5(12-14)9(13)7-3-2-6(10)4-8(7)11/h2-5H,1H3. The van der Waals surface area contributed by atoms with E-state index in [2.05, 4.69) is 5.18 Å². The van der Waals surface area contributed by atoms with E-state index in [-0.39, 0.29) is 10.6 Å². The highest BCUT2D eigenvalue weighted by molar-refractivity contribution is 6.37. The van der Waals surface area contributed by atoms with Crippen molar-refractivity contribution in [3.05, 3.63) is 38.7 Å². The summed E-state index contributed by atoms with van der Waals surface area (Å²) >= 11 is 11.4. The van der Waals surface area contributed by atoms with Crippen LogP contribution in [0, 0.1) is 4.91 Å². The lowest BCUT2D eigenvalue weighted by Gasteiger charge is -2.04. The number of hydrogen-bond donors (Lipinski definition) is 0. The maximum absolute atomic E-state index is 11.5. The Morgan fingerprint density at radius 2 is 2.07 bits per heavy atom. The third-order valence-corrected chi connectivity index (χ3v) is 2.28. The zero-order valence-corrected chi connectivity index (χ0v) is 8.84. The van der Waals surface area contributed by atoms with Gasteiger partial charge in [0.1, 0.15) is 0 Å². The van der Waals surface area contributed by atoms with E-state index < -0.39 is 11.8 Å². The van der Waals surface area contributed by atoms with Gasteiger partial charge in [-0.1, -0.05) is 28.4 Å². The molecule has 1 rings (SSSR count). The summed E-state index contributed by atoms with van der Waals surface area (Å²) in [5, 5.41) is 3.31. The first-order chi connectivity index (χ1) is 6.56. The van der Waals surface area contributed by atoms with Crippen molar-refractivity contribution in [2.45, 2.75) is 13.0 Å². The quantitative estimate of drug-likeness (QED) is 0.592. The fraction of sp³-hybridized carbons (Fsp3) is 0.222. The summed E-state index contributed by atoms with van der Waals surface area (Å²) < 4.78 is 0. The van der Waals surface area contributed by atoms with E-state index in [1.54, 1.807) is 0 Å². The van der Waals surface area contributed by atoms with Crippen molar-refractivity contribution in [2.24, 2.45) is 5.18 Å². The number of Topliss-reactive ketones (excluding diaryl/α,β-unsaturated/α-hetero) is 1. The van der Waals surface area contributed by atoms with Gasteiger partial charge in [-0.25, -0.2) is 0 Å². The highest BCUT2D eigenvalue weighted by atomic mass is 35.5. The molecule has 0 aliphatic rings. The summed E-state index contributed by atoms with van der Waals surface area (Å²) in [6.45, 7) is 1.42. The smallest absolute Gasteiger partial charge is 0.192 e. The molecule has 1 atom stereocenters. The van der Waals surface area contributed by atoms with Crippen molar-refractivity contribution in [1.82, 2.24) is 0 Å². The van der Waals surface area contributed by atoms with Crippen molar-refractivity contribution in [2.75, 3.05) is 0 Å². The van der Waals surface area contributed by atoms with Gasteiger partial charge in [0.25, 0.3) is 0 Å². The third kappa shape index (κ3) is 2.30. The summed E-state index contributed by atoms with van der Waals surface area (Å²) in [6.07, 6.45) is 0. The number of ketones is 1. The van der Waals surface area contributed by atoms with E-state index in [9.17, 15) is 9.70 Å². The molecule has 5 heteroatoms. The molecule has 1 aromatic rings. The van der Waals surface area contributed by atoms with Gasteiger partial charge in [-0.2, -0.15) is 4.91 Å². The van der Waals surface area contributed by atoms with Crippen LogP contribution < -0.4 is 0 Å². The number of carbonyl (C=O) groups excluding carboxylic acids is 1. The minimum absolute atomic E-state index is 0.234. The molecule has 0 amide bonds. The predicted octanol–water partition coefficient (Wildman–Crippen LogP) is 3.33. The number of rotatable bonds is 3. The summed E-state index contributed by atoms with van der Waals surface area (Å²) in [5.74, 6) is -0.401. The Morgan fingerprint density at radius 3 is 2.57 bits per heavy atom. The number of carbonyl (C=O) groups is 1. The molecular weight excluding hydrogens is 225 g/mol. The monoisotopic (exact) mass is 231 g/mol. The Bertz CT molecular complexity index is 379. The number of halogens is 2. The van der Waals surface area contributed by atoms with Crippen molar-refractivity contribution >= 4 is 29.0 Å². The molecule has 74 valence electrons. The van der Waals surface area contributed by atoms with Crippen LogP contribution in [0.4, 0.5) is 0 Å². The van der Waals surface area contributed by atoms with Crippen LogP contribution in [0.3, 0.4) is 0 Å². The average molecular weight is 232 g/mol. The van der Waals surface area contributed by atoms with Crippen molar-refractivity contribution in [3.8, 4) is 0 Å². The van der Waals surface area contributed by atoms with Gasteiger partial charge in [-0.15, -0.1) is 0 Å². The van der Waals surface area contributed by atoms with E-state index in [1.165, 1.54) is 25.1 Å². The van der Waals surface area contributed by atoms with E-state index in [4.69, 9.17) is 23.2 Å². The minimum atomic E-state index is -0.923. The SMILES string of the molecule is CC(N=O)C(=O)c1ccc(Cl)cc1Cl. The summed E-state index contributed by atoms with van der Waals surface area (Å²) in [6, 6.07) is 3.55. The van der Waals surface area contributed by atoms with Crippen LogP contribution >= 0.6 is 23.2 Å². The normalized spacial score (nSPS) is 12.2. The highest BCUT2D eigenvalue weighted by Gasteiger charge is 2.18. The van der Waals surface area contributed by atoms with Crippen LogP contribution in [0.15, 0.2) is 23.4 Å². The van der Waals surface area contributed by atoms with Gasteiger partial charge < -0.3 is 0 Å². The lowest BCUT2D eigenvalue weighted by Crippen LogP contribution is -2.14. The molecular formula is C9H7Cl2NO2. The Kier molecular flexibility index (Phi) is 3.61. The molecule has 0 N–H and O–H groups in total. The van der Waals surface area contributed by atoms with Gasteiger partial charge in [-0.3, -0.25) is 4.79 Å². The summed E-state index contributed by atoms with van der Waals surface area (Å²) in [5.41, 5.74) is 0.267. The highest BCUT2D eigenvalue weighted by Crippen LogP contribution is 2.22. The molecule has 0 aliphatic heterocycles. The molecule has 0 heterocycles. The second kappa shape index (κ2) is 4.53. The Labute approximate surface area is 91.0 Å². The van der Waals surface area contributed by atoms with Gasteiger partial charge in [0, 0.05) is 10.6 Å². The fourth-order valence-electron chi connectivity index (χ4n) is 0.962. The van der Waals surface area contributed by atoms with Crippen LogP contribution in [-0.4, -0.2) is 11.8 Å². The van der Waals surface area contributed by atoms with Gasteiger partial charge in [0.05, 0.1) is 5.02 Å². The van der Waals surface area contributed by atoms with Crippen LogP contribution in [-0.2, 0) is 0 Å². The molecule has 0 aromatic heterocycles. The van der Waals surface area contributed by atoms with E-state index in [0.717, 1.165) is 0 Å².